The maximum atomic E-state index is 12.7. The van der Waals surface area contributed by atoms with Crippen LogP contribution in [-0.2, 0) is 20.9 Å². The fourth-order valence-corrected chi connectivity index (χ4v) is 2.28. The number of alkyl halides is 3. The number of ether oxygens (including phenoxy) is 1. The number of rotatable bonds is 6. The Balaban J connectivity index is 2.24. The fraction of sp³-hybridized carbons (Fsp3) is 0.375. The van der Waals surface area contributed by atoms with Gasteiger partial charge in [0.25, 0.3) is 5.56 Å². The molecule has 10 heteroatoms. The third kappa shape index (κ3) is 5.04. The van der Waals surface area contributed by atoms with Gasteiger partial charge in [0, 0.05) is 0 Å². The Kier molecular flexibility index (Phi) is 5.96. The lowest BCUT2D eigenvalue weighted by Crippen LogP contribution is -2.44. The van der Waals surface area contributed by atoms with Gasteiger partial charge in [-0.25, -0.2) is 4.98 Å². The summed E-state index contributed by atoms with van der Waals surface area (Å²) in [5, 5.41) is 0.232. The number of benzene rings is 1. The summed E-state index contributed by atoms with van der Waals surface area (Å²) in [6.45, 7) is -1.69. The van der Waals surface area contributed by atoms with Crippen LogP contribution in [0.25, 0.3) is 10.9 Å². The first-order chi connectivity index (χ1) is 12.2. The minimum atomic E-state index is -4.70. The highest BCUT2D eigenvalue weighted by Gasteiger charge is 2.34. The number of nitrogens with zero attached hydrogens (tertiary/aromatic N) is 3. The number of esters is 1. The van der Waals surface area contributed by atoms with Gasteiger partial charge >= 0.3 is 12.1 Å². The number of carbonyl (C=O) groups is 2. The molecule has 0 atom stereocenters. The fourth-order valence-electron chi connectivity index (χ4n) is 2.28. The molecule has 7 nitrogen and oxygen atoms in total. The van der Waals surface area contributed by atoms with Crippen LogP contribution in [0, 0.1) is 0 Å². The largest absolute Gasteiger partial charge is 0.465 e. The predicted octanol–water partition coefficient (Wildman–Crippen LogP) is 1.35. The van der Waals surface area contributed by atoms with Crippen molar-refractivity contribution < 1.29 is 27.5 Å². The SMILES string of the molecule is CCOC(=O)CN(CC(F)(F)F)C(=O)Cn1cnc2ccccc2c1=O. The van der Waals surface area contributed by atoms with Crippen LogP contribution in [0.2, 0.25) is 0 Å². The maximum Gasteiger partial charge on any atom is 0.406 e. The zero-order chi connectivity index (χ0) is 19.3. The lowest BCUT2D eigenvalue weighted by atomic mass is 10.2. The molecule has 0 radical (unpaired) electrons. The van der Waals surface area contributed by atoms with Crippen molar-refractivity contribution in [3.63, 3.8) is 0 Å². The Labute approximate surface area is 146 Å². The molecular weight excluding hydrogens is 355 g/mol. The number of hydrogen-bond acceptors (Lipinski definition) is 5. The van der Waals surface area contributed by atoms with Gasteiger partial charge in [-0.2, -0.15) is 13.2 Å². The second kappa shape index (κ2) is 7.98. The van der Waals surface area contributed by atoms with E-state index in [0.29, 0.717) is 10.4 Å². The lowest BCUT2D eigenvalue weighted by Gasteiger charge is -2.23. The summed E-state index contributed by atoms with van der Waals surface area (Å²) in [5.41, 5.74) is -0.160. The number of amides is 1. The van der Waals surface area contributed by atoms with Crippen molar-refractivity contribution in [3.05, 3.63) is 40.9 Å². The topological polar surface area (TPSA) is 81.5 Å². The van der Waals surface area contributed by atoms with Crippen LogP contribution in [0.1, 0.15) is 6.92 Å². The molecule has 2 aromatic rings. The van der Waals surface area contributed by atoms with E-state index >= 15 is 0 Å². The molecule has 0 fully saturated rings. The van der Waals surface area contributed by atoms with Crippen molar-refractivity contribution in [2.45, 2.75) is 19.6 Å². The zero-order valence-corrected chi connectivity index (χ0v) is 13.8. The van der Waals surface area contributed by atoms with Crippen LogP contribution in [0.15, 0.2) is 35.4 Å². The Hall–Kier alpha value is -2.91. The van der Waals surface area contributed by atoms with Gasteiger partial charge in [0.15, 0.2) is 0 Å². The van der Waals surface area contributed by atoms with Crippen molar-refractivity contribution in [1.82, 2.24) is 14.5 Å². The Morgan fingerprint density at radius 2 is 1.96 bits per heavy atom. The maximum absolute atomic E-state index is 12.7. The Morgan fingerprint density at radius 1 is 1.27 bits per heavy atom. The molecular formula is C16H16F3N3O4. The molecule has 140 valence electrons. The number of hydrogen-bond donors (Lipinski definition) is 0. The summed E-state index contributed by atoms with van der Waals surface area (Å²) in [7, 11) is 0. The highest BCUT2D eigenvalue weighted by atomic mass is 19.4. The van der Waals surface area contributed by atoms with Crippen LogP contribution in [0.5, 0.6) is 0 Å². The highest BCUT2D eigenvalue weighted by Crippen LogP contribution is 2.17. The lowest BCUT2D eigenvalue weighted by molar-refractivity contribution is -0.167. The summed E-state index contributed by atoms with van der Waals surface area (Å²) in [6, 6.07) is 6.38. The summed E-state index contributed by atoms with van der Waals surface area (Å²) in [4.78, 5) is 40.4. The molecule has 0 aliphatic carbocycles. The monoisotopic (exact) mass is 371 g/mol. The van der Waals surface area contributed by atoms with E-state index in [0.717, 1.165) is 10.9 Å². The second-order valence-corrected chi connectivity index (χ2v) is 5.36. The molecule has 1 aromatic carbocycles. The van der Waals surface area contributed by atoms with E-state index < -0.39 is 43.2 Å². The Morgan fingerprint density at radius 3 is 2.62 bits per heavy atom. The van der Waals surface area contributed by atoms with E-state index in [9.17, 15) is 27.6 Å². The summed E-state index contributed by atoms with van der Waals surface area (Å²) in [6.07, 6.45) is -3.62. The molecule has 0 saturated heterocycles. The van der Waals surface area contributed by atoms with Crippen LogP contribution in [-0.4, -0.2) is 52.2 Å². The number of fused-ring (bicyclic) bond motifs is 1. The van der Waals surface area contributed by atoms with Gasteiger partial charge < -0.3 is 9.64 Å². The summed E-state index contributed by atoms with van der Waals surface area (Å²) >= 11 is 0. The third-order valence-corrected chi connectivity index (χ3v) is 3.39. The normalized spacial score (nSPS) is 11.4. The minimum Gasteiger partial charge on any atom is -0.465 e. The molecule has 0 aliphatic heterocycles. The first-order valence-corrected chi connectivity index (χ1v) is 7.65. The van der Waals surface area contributed by atoms with E-state index in [1.165, 1.54) is 13.0 Å². The van der Waals surface area contributed by atoms with Gasteiger partial charge in [0.1, 0.15) is 19.6 Å². The van der Waals surface area contributed by atoms with E-state index in [-0.39, 0.29) is 12.0 Å². The predicted molar refractivity (Wildman–Crippen MR) is 85.3 cm³/mol. The van der Waals surface area contributed by atoms with Crippen LogP contribution < -0.4 is 5.56 Å². The van der Waals surface area contributed by atoms with E-state index in [1.807, 2.05) is 0 Å². The van der Waals surface area contributed by atoms with Crippen LogP contribution >= 0.6 is 0 Å². The van der Waals surface area contributed by atoms with E-state index in [2.05, 4.69) is 9.72 Å². The smallest absolute Gasteiger partial charge is 0.406 e. The molecule has 0 bridgehead atoms. The van der Waals surface area contributed by atoms with Crippen molar-refractivity contribution >= 4 is 22.8 Å². The molecule has 1 amide bonds. The van der Waals surface area contributed by atoms with Crippen LogP contribution in [0.3, 0.4) is 0 Å². The molecule has 26 heavy (non-hydrogen) atoms. The zero-order valence-electron chi connectivity index (χ0n) is 13.8. The van der Waals surface area contributed by atoms with Gasteiger partial charge in [-0.3, -0.25) is 19.0 Å². The first kappa shape index (κ1) is 19.4. The number of carbonyl (C=O) groups excluding carboxylic acids is 2. The van der Waals surface area contributed by atoms with Gasteiger partial charge in [-0.15, -0.1) is 0 Å². The van der Waals surface area contributed by atoms with Gasteiger partial charge in [0.2, 0.25) is 5.91 Å². The molecule has 1 heterocycles. The average Bonchev–Trinajstić information content (AvgIpc) is 2.56. The minimum absolute atomic E-state index is 0.0269. The van der Waals surface area contributed by atoms with Crippen molar-refractivity contribution in [3.8, 4) is 0 Å². The van der Waals surface area contributed by atoms with Crippen molar-refractivity contribution in [1.29, 1.82) is 0 Å². The molecule has 0 spiro atoms. The van der Waals surface area contributed by atoms with Crippen molar-refractivity contribution in [2.75, 3.05) is 19.7 Å². The molecule has 0 unspecified atom stereocenters. The Bertz CT molecular complexity index is 864. The van der Waals surface area contributed by atoms with Crippen LogP contribution in [0.4, 0.5) is 13.2 Å². The van der Waals surface area contributed by atoms with Crippen molar-refractivity contribution in [2.24, 2.45) is 0 Å². The standard InChI is InChI=1S/C16H16F3N3O4/c1-2-26-14(24)8-21(9-16(17,18)19)13(23)7-22-10-20-12-6-4-3-5-11(12)15(22)25/h3-6,10H,2,7-9H2,1H3. The van der Waals surface area contributed by atoms with Gasteiger partial charge in [-0.05, 0) is 19.1 Å². The molecule has 1 aromatic heterocycles. The molecule has 0 aliphatic rings. The van der Waals surface area contributed by atoms with Gasteiger partial charge in [-0.1, -0.05) is 12.1 Å². The average molecular weight is 371 g/mol. The molecule has 0 N–H and O–H groups in total. The summed E-state index contributed by atoms with van der Waals surface area (Å²) < 4.78 is 43.6. The number of aromatic nitrogens is 2. The first-order valence-electron chi connectivity index (χ1n) is 7.65. The third-order valence-electron chi connectivity index (χ3n) is 3.39. The quantitative estimate of drug-likeness (QED) is 0.716. The van der Waals surface area contributed by atoms with E-state index in [4.69, 9.17) is 0 Å². The second-order valence-electron chi connectivity index (χ2n) is 5.36. The highest BCUT2D eigenvalue weighted by molar-refractivity contribution is 5.82. The molecule has 0 saturated carbocycles. The van der Waals surface area contributed by atoms with Gasteiger partial charge in [0.05, 0.1) is 23.8 Å². The number of halogens is 3. The van der Waals surface area contributed by atoms with E-state index in [1.54, 1.807) is 18.2 Å². The number of para-hydroxylation sites is 1. The molecule has 2 rings (SSSR count). The summed E-state index contributed by atoms with van der Waals surface area (Å²) in [5.74, 6) is -2.01.